The Bertz CT molecular complexity index is 972. The largest absolute Gasteiger partial charge is 0.444 e. The van der Waals surface area contributed by atoms with Crippen molar-refractivity contribution in [3.05, 3.63) is 58.7 Å². The van der Waals surface area contributed by atoms with Crippen LogP contribution < -0.4 is 0 Å². The van der Waals surface area contributed by atoms with Crippen LogP contribution in [-0.2, 0) is 6.54 Å². The highest BCUT2D eigenvalue weighted by Gasteiger charge is 2.24. The summed E-state index contributed by atoms with van der Waals surface area (Å²) >= 11 is 3.50. The van der Waals surface area contributed by atoms with E-state index in [1.54, 1.807) is 17.6 Å². The molecule has 4 aromatic rings. The average molecular weight is 382 g/mol. The Morgan fingerprint density at radius 2 is 2.12 bits per heavy atom. The van der Waals surface area contributed by atoms with Crippen LogP contribution in [0.2, 0.25) is 0 Å². The zero-order valence-electron chi connectivity index (χ0n) is 14.3. The molecule has 132 valence electrons. The van der Waals surface area contributed by atoms with Crippen LogP contribution in [0.3, 0.4) is 0 Å². The number of oxazole rings is 1. The second-order valence-corrected chi connectivity index (χ2v) is 8.73. The van der Waals surface area contributed by atoms with E-state index in [9.17, 15) is 0 Å². The van der Waals surface area contributed by atoms with Gasteiger partial charge >= 0.3 is 0 Å². The minimum absolute atomic E-state index is 0.518. The van der Waals surface area contributed by atoms with Crippen LogP contribution in [0.5, 0.6) is 0 Å². The lowest BCUT2D eigenvalue weighted by Gasteiger charge is -2.31. The van der Waals surface area contributed by atoms with Crippen LogP contribution in [0.1, 0.15) is 29.5 Å². The van der Waals surface area contributed by atoms with Crippen LogP contribution in [0, 0.1) is 0 Å². The van der Waals surface area contributed by atoms with Gasteiger partial charge in [-0.05, 0) is 43.0 Å². The van der Waals surface area contributed by atoms with Gasteiger partial charge in [0.2, 0.25) is 5.89 Å². The van der Waals surface area contributed by atoms with Crippen molar-refractivity contribution in [2.24, 2.45) is 0 Å². The summed E-state index contributed by atoms with van der Waals surface area (Å²) in [5.74, 6) is 1.25. The smallest absolute Gasteiger partial charge is 0.236 e. The lowest BCUT2D eigenvalue weighted by atomic mass is 9.98. The molecule has 0 unspecified atom stereocenters. The number of para-hydroxylation sites is 1. The zero-order valence-corrected chi connectivity index (χ0v) is 15.9. The molecule has 0 spiro atoms. The monoisotopic (exact) mass is 381 g/mol. The highest BCUT2D eigenvalue weighted by atomic mass is 32.1. The SMILES string of the molecule is c1csc(-c2nc(CN3CCC[C@@H](c4nc5ccccc5s4)C3)co2)c1. The molecule has 0 radical (unpaired) electrons. The Hall–Kier alpha value is -2.02. The maximum Gasteiger partial charge on any atom is 0.236 e. The molecule has 26 heavy (non-hydrogen) atoms. The molecule has 0 aliphatic carbocycles. The van der Waals surface area contributed by atoms with Gasteiger partial charge in [0.1, 0.15) is 6.26 Å². The lowest BCUT2D eigenvalue weighted by Crippen LogP contribution is -2.33. The Morgan fingerprint density at radius 3 is 3.00 bits per heavy atom. The number of nitrogens with zero attached hydrogens (tertiary/aromatic N) is 3. The van der Waals surface area contributed by atoms with Crippen molar-refractivity contribution in [1.29, 1.82) is 0 Å². The number of hydrogen-bond donors (Lipinski definition) is 0. The van der Waals surface area contributed by atoms with Crippen LogP contribution >= 0.6 is 22.7 Å². The van der Waals surface area contributed by atoms with Gasteiger partial charge in [0, 0.05) is 19.0 Å². The molecule has 1 aliphatic heterocycles. The summed E-state index contributed by atoms with van der Waals surface area (Å²) in [6, 6.07) is 12.5. The van der Waals surface area contributed by atoms with Crippen LogP contribution in [0.25, 0.3) is 21.0 Å². The van der Waals surface area contributed by atoms with Crippen molar-refractivity contribution in [2.75, 3.05) is 13.1 Å². The van der Waals surface area contributed by atoms with Crippen LogP contribution in [0.4, 0.5) is 0 Å². The van der Waals surface area contributed by atoms with Crippen LogP contribution in [0.15, 0.2) is 52.5 Å². The predicted octanol–water partition coefficient (Wildman–Crippen LogP) is 5.39. The van der Waals surface area contributed by atoms with E-state index in [2.05, 4.69) is 34.1 Å². The molecule has 1 saturated heterocycles. The van der Waals surface area contributed by atoms with Gasteiger partial charge in [-0.15, -0.1) is 22.7 Å². The summed E-state index contributed by atoms with van der Waals surface area (Å²) in [7, 11) is 0. The van der Waals surface area contributed by atoms with Gasteiger partial charge in [0.15, 0.2) is 0 Å². The Balaban J connectivity index is 1.30. The van der Waals surface area contributed by atoms with E-state index < -0.39 is 0 Å². The molecule has 1 aliphatic rings. The maximum atomic E-state index is 5.66. The molecule has 4 nitrogen and oxygen atoms in total. The molecule has 0 saturated carbocycles. The highest BCUT2D eigenvalue weighted by molar-refractivity contribution is 7.18. The highest BCUT2D eigenvalue weighted by Crippen LogP contribution is 2.33. The first kappa shape index (κ1) is 16.2. The van der Waals surface area contributed by atoms with Gasteiger partial charge in [-0.25, -0.2) is 9.97 Å². The van der Waals surface area contributed by atoms with Gasteiger partial charge in [-0.1, -0.05) is 18.2 Å². The maximum absolute atomic E-state index is 5.66. The molecule has 1 atom stereocenters. The molecule has 4 heterocycles. The van der Waals surface area contributed by atoms with E-state index in [1.807, 2.05) is 28.8 Å². The van der Waals surface area contributed by atoms with E-state index in [4.69, 9.17) is 9.40 Å². The molecule has 5 rings (SSSR count). The van der Waals surface area contributed by atoms with Crippen molar-refractivity contribution in [3.63, 3.8) is 0 Å². The normalized spacial score (nSPS) is 18.5. The first-order valence-electron chi connectivity index (χ1n) is 8.91. The van der Waals surface area contributed by atoms with Crippen LogP contribution in [-0.4, -0.2) is 28.0 Å². The standard InChI is InChI=1S/C20H19N3OS2/c1-2-7-17-16(6-1)22-20(26-17)14-5-3-9-23(11-14)12-15-13-24-19(21-15)18-8-4-10-25-18/h1-2,4,6-8,10,13-14H,3,5,9,11-12H2/t14-/m1/s1. The van der Waals surface area contributed by atoms with E-state index in [0.29, 0.717) is 5.92 Å². The quantitative estimate of drug-likeness (QED) is 0.475. The topological polar surface area (TPSA) is 42.2 Å². The fourth-order valence-electron chi connectivity index (χ4n) is 3.59. The summed E-state index contributed by atoms with van der Waals surface area (Å²) in [4.78, 5) is 13.1. The number of benzene rings is 1. The molecule has 6 heteroatoms. The van der Waals surface area contributed by atoms with Gasteiger partial charge in [0.05, 0.1) is 25.8 Å². The number of likely N-dealkylation sites (tertiary alicyclic amines) is 1. The average Bonchev–Trinajstić information content (AvgIpc) is 3.41. The summed E-state index contributed by atoms with van der Waals surface area (Å²) in [6.07, 6.45) is 4.22. The van der Waals surface area contributed by atoms with E-state index >= 15 is 0 Å². The number of rotatable bonds is 4. The molecular weight excluding hydrogens is 362 g/mol. The Kier molecular flexibility index (Phi) is 4.32. The van der Waals surface area contributed by atoms with E-state index in [-0.39, 0.29) is 0 Å². The van der Waals surface area contributed by atoms with Gasteiger partial charge in [0.25, 0.3) is 0 Å². The van der Waals surface area contributed by atoms with Gasteiger partial charge < -0.3 is 4.42 Å². The number of hydrogen-bond acceptors (Lipinski definition) is 6. The van der Waals surface area contributed by atoms with Gasteiger partial charge in [-0.2, -0.15) is 0 Å². The Labute approximate surface area is 160 Å². The minimum atomic E-state index is 0.518. The number of aromatic nitrogens is 2. The summed E-state index contributed by atoms with van der Waals surface area (Å²) in [6.45, 7) is 3.00. The summed E-state index contributed by atoms with van der Waals surface area (Å²) < 4.78 is 6.95. The molecular formula is C20H19N3OS2. The van der Waals surface area contributed by atoms with Crippen molar-refractivity contribution >= 4 is 32.9 Å². The predicted molar refractivity (Wildman–Crippen MR) is 107 cm³/mol. The second-order valence-electron chi connectivity index (χ2n) is 6.72. The van der Waals surface area contributed by atoms with Crippen molar-refractivity contribution in [2.45, 2.75) is 25.3 Å². The molecule has 0 N–H and O–H groups in total. The summed E-state index contributed by atoms with van der Waals surface area (Å²) in [5.41, 5.74) is 2.14. The molecule has 0 bridgehead atoms. The number of thiazole rings is 1. The number of piperidine rings is 1. The van der Waals surface area contributed by atoms with Crippen molar-refractivity contribution in [3.8, 4) is 10.8 Å². The van der Waals surface area contributed by atoms with Gasteiger partial charge in [-0.3, -0.25) is 4.90 Å². The van der Waals surface area contributed by atoms with Crippen molar-refractivity contribution in [1.82, 2.24) is 14.9 Å². The fourth-order valence-corrected chi connectivity index (χ4v) is 5.34. The minimum Gasteiger partial charge on any atom is -0.444 e. The fraction of sp³-hybridized carbons (Fsp3) is 0.300. The third kappa shape index (κ3) is 3.20. The van der Waals surface area contributed by atoms with E-state index in [0.717, 1.165) is 41.6 Å². The molecule has 0 amide bonds. The Morgan fingerprint density at radius 1 is 1.15 bits per heavy atom. The molecule has 3 aromatic heterocycles. The third-order valence-electron chi connectivity index (χ3n) is 4.83. The first-order valence-corrected chi connectivity index (χ1v) is 10.6. The summed E-state index contributed by atoms with van der Waals surface area (Å²) in [5, 5.41) is 3.32. The molecule has 1 aromatic carbocycles. The first-order chi connectivity index (χ1) is 12.8. The number of thiophene rings is 1. The zero-order chi connectivity index (χ0) is 17.3. The lowest BCUT2D eigenvalue weighted by molar-refractivity contribution is 0.198. The third-order valence-corrected chi connectivity index (χ3v) is 6.89. The van der Waals surface area contributed by atoms with E-state index in [1.165, 1.54) is 22.5 Å². The van der Waals surface area contributed by atoms with Crippen molar-refractivity contribution < 1.29 is 4.42 Å². The second kappa shape index (κ2) is 6.95. The number of fused-ring (bicyclic) bond motifs is 1. The molecule has 1 fully saturated rings.